The van der Waals surface area contributed by atoms with E-state index in [0.717, 1.165) is 4.88 Å². The monoisotopic (exact) mass is 378 g/mol. The Kier molecular flexibility index (Phi) is 6.19. The first kappa shape index (κ1) is 18.3. The second kappa shape index (κ2) is 8.77. The molecule has 26 heavy (non-hydrogen) atoms. The van der Waals surface area contributed by atoms with Crippen molar-refractivity contribution in [2.24, 2.45) is 0 Å². The van der Waals surface area contributed by atoms with Gasteiger partial charge in [-0.1, -0.05) is 6.07 Å². The molecule has 0 aliphatic carbocycles. The molecule has 6 nitrogen and oxygen atoms in total. The number of nitrogens with one attached hydrogen (secondary N) is 1. The van der Waals surface area contributed by atoms with Gasteiger partial charge in [0.15, 0.2) is 0 Å². The summed E-state index contributed by atoms with van der Waals surface area (Å²) in [5, 5.41) is 4.69. The topological polar surface area (TPSA) is 67.9 Å². The minimum Gasteiger partial charge on any atom is -0.492 e. The summed E-state index contributed by atoms with van der Waals surface area (Å²) in [7, 11) is 0. The van der Waals surface area contributed by atoms with E-state index in [9.17, 15) is 14.0 Å². The molecule has 0 radical (unpaired) electrons. The molecule has 0 spiro atoms. The number of benzene rings is 1. The number of ether oxygens (including phenoxy) is 2. The van der Waals surface area contributed by atoms with Crippen molar-refractivity contribution in [2.75, 3.05) is 26.4 Å². The number of nitrogens with zero attached hydrogens (tertiary/aromatic N) is 1. The van der Waals surface area contributed by atoms with Crippen LogP contribution >= 0.6 is 11.3 Å². The van der Waals surface area contributed by atoms with Crippen LogP contribution < -0.4 is 10.1 Å². The maximum Gasteiger partial charge on any atom is 0.249 e. The highest BCUT2D eigenvalue weighted by atomic mass is 32.1. The Morgan fingerprint density at radius 2 is 2.15 bits per heavy atom. The molecule has 1 atom stereocenters. The molecule has 1 unspecified atom stereocenters. The molecule has 1 aromatic heterocycles. The highest BCUT2D eigenvalue weighted by Gasteiger charge is 2.34. The highest BCUT2D eigenvalue weighted by Crippen LogP contribution is 2.17. The summed E-state index contributed by atoms with van der Waals surface area (Å²) in [6, 6.07) is 8.83. The Hall–Kier alpha value is -2.45. The molecule has 0 saturated carbocycles. The lowest BCUT2D eigenvalue weighted by Crippen LogP contribution is -2.56. The van der Waals surface area contributed by atoms with E-state index in [1.807, 2.05) is 17.5 Å². The van der Waals surface area contributed by atoms with Crippen molar-refractivity contribution in [1.29, 1.82) is 0 Å². The Morgan fingerprint density at radius 3 is 2.88 bits per heavy atom. The van der Waals surface area contributed by atoms with Crippen molar-refractivity contribution >= 4 is 23.2 Å². The van der Waals surface area contributed by atoms with Crippen molar-refractivity contribution in [2.45, 2.75) is 12.6 Å². The van der Waals surface area contributed by atoms with E-state index in [1.54, 1.807) is 4.90 Å². The van der Waals surface area contributed by atoms with E-state index in [0.29, 0.717) is 12.3 Å². The first-order chi connectivity index (χ1) is 12.6. The van der Waals surface area contributed by atoms with Gasteiger partial charge in [-0.05, 0) is 35.7 Å². The third kappa shape index (κ3) is 4.80. The van der Waals surface area contributed by atoms with E-state index in [2.05, 4.69) is 5.32 Å². The zero-order valence-electron chi connectivity index (χ0n) is 14.0. The van der Waals surface area contributed by atoms with Gasteiger partial charge in [0.25, 0.3) is 0 Å². The van der Waals surface area contributed by atoms with E-state index >= 15 is 0 Å². The third-order valence-corrected chi connectivity index (χ3v) is 4.75. The van der Waals surface area contributed by atoms with Crippen LogP contribution in [0.1, 0.15) is 4.88 Å². The summed E-state index contributed by atoms with van der Waals surface area (Å²) >= 11 is 1.54. The number of amides is 2. The zero-order chi connectivity index (χ0) is 18.4. The second-order valence-corrected chi connectivity index (χ2v) is 6.76. The fourth-order valence-electron chi connectivity index (χ4n) is 2.58. The highest BCUT2D eigenvalue weighted by molar-refractivity contribution is 7.09. The molecule has 2 amide bonds. The fourth-order valence-corrected chi connectivity index (χ4v) is 3.29. The standard InChI is InChI=1S/C18H19FN2O4S/c19-13-3-5-14(6-4-13)25-8-7-20-18(23)16-11-24-12-17(22)21(16)10-15-2-1-9-26-15/h1-6,9,16H,7-8,10-12H2,(H,20,23). The van der Waals surface area contributed by atoms with E-state index in [4.69, 9.17) is 9.47 Å². The lowest BCUT2D eigenvalue weighted by molar-refractivity contribution is -0.155. The van der Waals surface area contributed by atoms with Crippen LogP contribution in [0.5, 0.6) is 5.75 Å². The van der Waals surface area contributed by atoms with Gasteiger partial charge in [-0.3, -0.25) is 9.59 Å². The van der Waals surface area contributed by atoms with E-state index in [-0.39, 0.29) is 44.0 Å². The average molecular weight is 378 g/mol. The smallest absolute Gasteiger partial charge is 0.249 e. The number of hydrogen-bond acceptors (Lipinski definition) is 5. The molecule has 1 fully saturated rings. The molecule has 138 valence electrons. The summed E-state index contributed by atoms with van der Waals surface area (Å²) in [5.41, 5.74) is 0. The molecule has 2 aromatic rings. The molecule has 3 rings (SSSR count). The Balaban J connectivity index is 1.50. The summed E-state index contributed by atoms with van der Waals surface area (Å²) in [5.74, 6) is -0.292. The molecular weight excluding hydrogens is 359 g/mol. The molecule has 1 aliphatic rings. The summed E-state index contributed by atoms with van der Waals surface area (Å²) in [4.78, 5) is 27.2. The molecule has 2 heterocycles. The van der Waals surface area contributed by atoms with Crippen LogP contribution in [-0.2, 0) is 20.9 Å². The number of carbonyl (C=O) groups excluding carboxylic acids is 2. The van der Waals surface area contributed by atoms with Crippen molar-refractivity contribution in [1.82, 2.24) is 10.2 Å². The Morgan fingerprint density at radius 1 is 1.35 bits per heavy atom. The van der Waals surface area contributed by atoms with Gasteiger partial charge in [-0.25, -0.2) is 4.39 Å². The van der Waals surface area contributed by atoms with Gasteiger partial charge in [0.05, 0.1) is 19.7 Å². The van der Waals surface area contributed by atoms with Crippen LogP contribution in [0.15, 0.2) is 41.8 Å². The molecule has 1 aliphatic heterocycles. The second-order valence-electron chi connectivity index (χ2n) is 5.73. The van der Waals surface area contributed by atoms with Crippen LogP contribution in [0.4, 0.5) is 4.39 Å². The van der Waals surface area contributed by atoms with Crippen LogP contribution in [0.3, 0.4) is 0 Å². The molecule has 1 saturated heterocycles. The van der Waals surface area contributed by atoms with Crippen molar-refractivity contribution in [3.05, 3.63) is 52.5 Å². The number of carbonyl (C=O) groups is 2. The summed E-state index contributed by atoms with van der Waals surface area (Å²) in [6.07, 6.45) is 0. The van der Waals surface area contributed by atoms with Gasteiger partial charge in [-0.2, -0.15) is 0 Å². The largest absolute Gasteiger partial charge is 0.492 e. The van der Waals surface area contributed by atoms with Gasteiger partial charge in [0, 0.05) is 4.88 Å². The number of morpholine rings is 1. The van der Waals surface area contributed by atoms with Crippen molar-refractivity contribution in [3.8, 4) is 5.75 Å². The predicted octanol–water partition coefficient (Wildman–Crippen LogP) is 1.81. The quantitative estimate of drug-likeness (QED) is 0.747. The number of hydrogen-bond donors (Lipinski definition) is 1. The van der Waals surface area contributed by atoms with Gasteiger partial charge in [-0.15, -0.1) is 11.3 Å². The zero-order valence-corrected chi connectivity index (χ0v) is 14.8. The molecule has 1 N–H and O–H groups in total. The number of thiophene rings is 1. The predicted molar refractivity (Wildman–Crippen MR) is 94.4 cm³/mol. The fraction of sp³-hybridized carbons (Fsp3) is 0.333. The van der Waals surface area contributed by atoms with Crippen LogP contribution in [-0.4, -0.2) is 49.1 Å². The van der Waals surface area contributed by atoms with Crippen molar-refractivity contribution in [3.63, 3.8) is 0 Å². The third-order valence-electron chi connectivity index (χ3n) is 3.89. The van der Waals surface area contributed by atoms with Crippen LogP contribution in [0.2, 0.25) is 0 Å². The first-order valence-electron chi connectivity index (χ1n) is 8.19. The molecule has 0 bridgehead atoms. The average Bonchev–Trinajstić information content (AvgIpc) is 3.15. The van der Waals surface area contributed by atoms with Crippen LogP contribution in [0.25, 0.3) is 0 Å². The van der Waals surface area contributed by atoms with Crippen LogP contribution in [0, 0.1) is 5.82 Å². The lowest BCUT2D eigenvalue weighted by atomic mass is 10.2. The number of halogens is 1. The lowest BCUT2D eigenvalue weighted by Gasteiger charge is -2.34. The summed E-state index contributed by atoms with van der Waals surface area (Å²) in [6.45, 7) is 1.06. The molecule has 1 aromatic carbocycles. The van der Waals surface area contributed by atoms with E-state index < -0.39 is 6.04 Å². The van der Waals surface area contributed by atoms with Gasteiger partial charge >= 0.3 is 0 Å². The van der Waals surface area contributed by atoms with Gasteiger partial charge in [0.1, 0.15) is 30.8 Å². The SMILES string of the molecule is O=C(NCCOc1ccc(F)cc1)C1COCC(=O)N1Cc1cccs1. The maximum absolute atomic E-state index is 12.8. The summed E-state index contributed by atoms with van der Waals surface area (Å²) < 4.78 is 23.5. The normalized spacial score (nSPS) is 17.2. The minimum atomic E-state index is -0.663. The van der Waals surface area contributed by atoms with Gasteiger partial charge in [0.2, 0.25) is 11.8 Å². The first-order valence-corrected chi connectivity index (χ1v) is 9.07. The Bertz CT molecular complexity index is 736. The number of rotatable bonds is 7. The molecule has 8 heteroatoms. The van der Waals surface area contributed by atoms with Crippen molar-refractivity contribution < 1.29 is 23.5 Å². The minimum absolute atomic E-state index is 0.0111. The Labute approximate surface area is 154 Å². The van der Waals surface area contributed by atoms with E-state index in [1.165, 1.54) is 35.6 Å². The molecular formula is C18H19FN2O4S. The van der Waals surface area contributed by atoms with Gasteiger partial charge < -0.3 is 19.7 Å². The maximum atomic E-state index is 12.8.